The van der Waals surface area contributed by atoms with Crippen molar-refractivity contribution < 1.29 is 25.3 Å². The van der Waals surface area contributed by atoms with Crippen LogP contribution in [0.2, 0.25) is 0 Å². The predicted octanol–water partition coefficient (Wildman–Crippen LogP) is 0.327. The summed E-state index contributed by atoms with van der Waals surface area (Å²) in [5.74, 6) is -0.742. The molecule has 5 nitrogen and oxygen atoms in total. The molecule has 0 aliphatic rings. The zero-order valence-electron chi connectivity index (χ0n) is 11.3. The van der Waals surface area contributed by atoms with E-state index in [1.165, 1.54) is 36.3 Å². The minimum absolute atomic E-state index is 0.0657. The summed E-state index contributed by atoms with van der Waals surface area (Å²) in [5.41, 5.74) is 0.0657. The summed E-state index contributed by atoms with van der Waals surface area (Å²) in [7, 11) is 6.85. The number of hydrogen-bond acceptors (Lipinski definition) is 3. The minimum atomic E-state index is -0.545. The van der Waals surface area contributed by atoms with Crippen molar-refractivity contribution in [3.05, 3.63) is 25.7 Å². The van der Waals surface area contributed by atoms with Gasteiger partial charge >= 0.3 is 11.9 Å². The van der Waals surface area contributed by atoms with Crippen LogP contribution in [-0.2, 0) is 9.53 Å². The highest BCUT2D eigenvalue weighted by Crippen LogP contribution is 2.05. The van der Waals surface area contributed by atoms with Crippen molar-refractivity contribution in [2.75, 3.05) is 6.61 Å². The number of carbonyl (C=O) groups excluding carboxylic acids is 1. The molecule has 0 amide bonds. The standard InChI is InChI=1S/C13H26N2O3/c1-4-5-6-7-8-9-10-18-13(17)11(14-2)12(16)15-3/h16H,2-10,14-15H2,1H3/b12-11+. The Bertz CT molecular complexity index is 265. The Morgan fingerprint density at radius 2 is 1.72 bits per heavy atom. The number of carbonyl (C=O) groups is 1. The van der Waals surface area contributed by atoms with Gasteiger partial charge in [-0.05, 0) is 6.42 Å². The fourth-order valence-electron chi connectivity index (χ4n) is 1.53. The molecule has 5 heteroatoms. The van der Waals surface area contributed by atoms with Crippen molar-refractivity contribution in [2.24, 2.45) is 0 Å². The Labute approximate surface area is 110 Å². The molecule has 0 aromatic carbocycles. The quantitative estimate of drug-likeness (QED) is 0.174. The van der Waals surface area contributed by atoms with Crippen LogP contribution >= 0.6 is 0 Å². The van der Waals surface area contributed by atoms with Crippen molar-refractivity contribution in [3.63, 3.8) is 0 Å². The molecule has 0 atom stereocenters. The van der Waals surface area contributed by atoms with Gasteiger partial charge in [-0.25, -0.2) is 4.79 Å². The van der Waals surface area contributed by atoms with E-state index in [4.69, 9.17) is 4.74 Å². The fraction of sp³-hybridized carbons (Fsp3) is 0.615. The monoisotopic (exact) mass is 258 g/mol. The first-order valence-corrected chi connectivity index (χ1v) is 6.52. The Morgan fingerprint density at radius 1 is 1.11 bits per heavy atom. The average molecular weight is 258 g/mol. The Balaban J connectivity index is 3.76. The van der Waals surface area contributed by atoms with E-state index in [1.54, 1.807) is 0 Å². The number of nitrogens with two attached hydrogens (primary N) is 2. The maximum Gasteiger partial charge on any atom is 0.400 e. The van der Waals surface area contributed by atoms with Gasteiger partial charge in [-0.3, -0.25) is 0 Å². The molecule has 0 spiro atoms. The summed E-state index contributed by atoms with van der Waals surface area (Å²) in [6, 6.07) is 0. The largest absolute Gasteiger partial charge is 0.465 e. The van der Waals surface area contributed by atoms with Gasteiger partial charge in [-0.1, -0.05) is 39.0 Å². The first kappa shape index (κ1) is 16.9. The number of esters is 1. The molecular weight excluding hydrogens is 232 g/mol. The second kappa shape index (κ2) is 11.0. The molecular formula is C13H26N2O3. The van der Waals surface area contributed by atoms with Gasteiger partial charge in [0.05, 0.1) is 6.61 Å². The van der Waals surface area contributed by atoms with E-state index in [0.29, 0.717) is 6.61 Å². The molecule has 5 N–H and O–H groups in total. The molecule has 0 saturated heterocycles. The fourth-order valence-corrected chi connectivity index (χ4v) is 1.53. The highest BCUT2D eigenvalue weighted by Gasteiger charge is 2.19. The van der Waals surface area contributed by atoms with E-state index in [0.717, 1.165) is 12.8 Å². The van der Waals surface area contributed by atoms with Gasteiger partial charge in [0.25, 0.3) is 5.70 Å². The number of ether oxygens (including phenoxy) is 1. The molecule has 0 aromatic heterocycles. The SMILES string of the molecule is [CH2-][NH2+]/C(O)=C(\[NH2+][CH2-])C(=O)OCCCCCCCC. The molecule has 0 rings (SSSR count). The van der Waals surface area contributed by atoms with Crippen molar-refractivity contribution in [1.29, 1.82) is 0 Å². The highest BCUT2D eigenvalue weighted by molar-refractivity contribution is 5.85. The second-order valence-electron chi connectivity index (χ2n) is 4.11. The van der Waals surface area contributed by atoms with Crippen LogP contribution in [0.15, 0.2) is 11.6 Å². The first-order valence-electron chi connectivity index (χ1n) is 6.52. The lowest BCUT2D eigenvalue weighted by Gasteiger charge is -2.08. The molecule has 0 heterocycles. The third-order valence-electron chi connectivity index (χ3n) is 2.62. The van der Waals surface area contributed by atoms with Crippen LogP contribution in [0.4, 0.5) is 0 Å². The van der Waals surface area contributed by atoms with Gasteiger partial charge in [0.2, 0.25) is 0 Å². The lowest BCUT2D eigenvalue weighted by Crippen LogP contribution is -2.84. The summed E-state index contributed by atoms with van der Waals surface area (Å²) in [6.07, 6.45) is 6.81. The van der Waals surface area contributed by atoms with Gasteiger partial charge < -0.3 is 20.5 Å². The molecule has 0 bridgehead atoms. The Morgan fingerprint density at radius 3 is 2.28 bits per heavy atom. The topological polar surface area (TPSA) is 79.8 Å². The molecule has 0 aliphatic heterocycles. The summed E-state index contributed by atoms with van der Waals surface area (Å²) in [5, 5.41) is 11.9. The second-order valence-corrected chi connectivity index (χ2v) is 4.11. The Hall–Kier alpha value is -1.07. The lowest BCUT2D eigenvalue weighted by atomic mass is 10.1. The third-order valence-corrected chi connectivity index (χ3v) is 2.62. The van der Waals surface area contributed by atoms with Crippen LogP contribution in [0.3, 0.4) is 0 Å². The molecule has 0 unspecified atom stereocenters. The number of aliphatic hydroxyl groups is 1. The lowest BCUT2D eigenvalue weighted by molar-refractivity contribution is -0.604. The maximum absolute atomic E-state index is 11.6. The maximum atomic E-state index is 11.6. The smallest absolute Gasteiger partial charge is 0.400 e. The summed E-state index contributed by atoms with van der Waals surface area (Å²) in [6.45, 7) is 2.56. The van der Waals surface area contributed by atoms with E-state index in [1.807, 2.05) is 0 Å². The van der Waals surface area contributed by atoms with Crippen molar-refractivity contribution in [2.45, 2.75) is 45.4 Å². The number of aliphatic hydroxyl groups excluding tert-OH is 1. The molecule has 0 aliphatic carbocycles. The Kier molecular flexibility index (Phi) is 10.4. The molecule has 106 valence electrons. The first-order chi connectivity index (χ1) is 8.67. The van der Waals surface area contributed by atoms with E-state index in [9.17, 15) is 9.90 Å². The van der Waals surface area contributed by atoms with Crippen LogP contribution in [0.5, 0.6) is 0 Å². The zero-order valence-corrected chi connectivity index (χ0v) is 11.3. The van der Waals surface area contributed by atoms with Crippen molar-refractivity contribution >= 4 is 5.97 Å². The minimum Gasteiger partial charge on any atom is -0.465 e. The summed E-state index contributed by atoms with van der Waals surface area (Å²) < 4.78 is 5.05. The normalized spacial score (nSPS) is 12.2. The van der Waals surface area contributed by atoms with Crippen molar-refractivity contribution in [3.8, 4) is 0 Å². The van der Waals surface area contributed by atoms with Crippen LogP contribution < -0.4 is 10.6 Å². The molecule has 18 heavy (non-hydrogen) atoms. The highest BCUT2D eigenvalue weighted by atomic mass is 16.5. The zero-order chi connectivity index (χ0) is 13.8. The van der Waals surface area contributed by atoms with Gasteiger partial charge in [-0.15, -0.1) is 14.1 Å². The van der Waals surface area contributed by atoms with E-state index >= 15 is 0 Å². The van der Waals surface area contributed by atoms with E-state index in [-0.39, 0.29) is 11.6 Å². The van der Waals surface area contributed by atoms with Gasteiger partial charge in [0.15, 0.2) is 0 Å². The summed E-state index contributed by atoms with van der Waals surface area (Å²) in [4.78, 5) is 11.6. The average Bonchev–Trinajstić information content (AvgIpc) is 2.38. The number of quaternary nitrogens is 2. The summed E-state index contributed by atoms with van der Waals surface area (Å²) >= 11 is 0. The van der Waals surface area contributed by atoms with E-state index < -0.39 is 5.97 Å². The molecule has 0 aromatic rings. The third kappa shape index (κ3) is 7.29. The molecule has 0 fully saturated rings. The van der Waals surface area contributed by atoms with Gasteiger partial charge in [-0.2, -0.15) is 0 Å². The number of rotatable bonds is 10. The van der Waals surface area contributed by atoms with Gasteiger partial charge in [0, 0.05) is 0 Å². The number of unbranched alkanes of at least 4 members (excludes halogenated alkanes) is 5. The van der Waals surface area contributed by atoms with E-state index in [2.05, 4.69) is 21.0 Å². The number of hydrogen-bond donors (Lipinski definition) is 3. The molecule has 0 saturated carbocycles. The van der Waals surface area contributed by atoms with Crippen LogP contribution in [0.25, 0.3) is 0 Å². The molecule has 0 radical (unpaired) electrons. The van der Waals surface area contributed by atoms with Gasteiger partial charge in [0.1, 0.15) is 0 Å². The van der Waals surface area contributed by atoms with Crippen LogP contribution in [-0.4, -0.2) is 17.7 Å². The van der Waals surface area contributed by atoms with Crippen molar-refractivity contribution in [1.82, 2.24) is 0 Å². The van der Waals surface area contributed by atoms with Crippen LogP contribution in [0, 0.1) is 14.1 Å². The predicted molar refractivity (Wildman–Crippen MR) is 68.6 cm³/mol. The van der Waals surface area contributed by atoms with Crippen LogP contribution in [0.1, 0.15) is 45.4 Å².